The molecule has 0 aliphatic carbocycles. The first-order chi connectivity index (χ1) is 10.7. The summed E-state index contributed by atoms with van der Waals surface area (Å²) >= 11 is 12.0. The molecule has 0 saturated heterocycles. The van der Waals surface area contributed by atoms with Crippen LogP contribution in [0.5, 0.6) is 0 Å². The molecule has 0 spiro atoms. The number of ether oxygens (including phenoxy) is 1. The summed E-state index contributed by atoms with van der Waals surface area (Å²) in [6, 6.07) is 0. The van der Waals surface area contributed by atoms with Crippen LogP contribution in [0, 0.1) is 5.92 Å². The van der Waals surface area contributed by atoms with E-state index in [4.69, 9.17) is 31.7 Å². The molecule has 23 heavy (non-hydrogen) atoms. The lowest BCUT2D eigenvalue weighted by atomic mass is 10.1. The summed E-state index contributed by atoms with van der Waals surface area (Å²) in [5.74, 6) is 0.481. The van der Waals surface area contributed by atoms with Gasteiger partial charge in [0.2, 0.25) is 0 Å². The third kappa shape index (κ3) is 17.4. The van der Waals surface area contributed by atoms with E-state index in [2.05, 4.69) is 20.8 Å². The number of carbonyl (C=O) groups is 1. The highest BCUT2D eigenvalue weighted by Gasteiger charge is 2.21. The van der Waals surface area contributed by atoms with Crippen molar-refractivity contribution < 1.29 is 18.6 Å². The fourth-order valence-electron chi connectivity index (χ4n) is 1.78. The Morgan fingerprint density at radius 3 is 2.43 bits per heavy atom. The maximum absolute atomic E-state index is 12.0. The highest BCUT2D eigenvalue weighted by molar-refractivity contribution is 8.14. The zero-order valence-corrected chi connectivity index (χ0v) is 17.5. The Morgan fingerprint density at radius 2 is 1.87 bits per heavy atom. The highest BCUT2D eigenvalue weighted by atomic mass is 35.9. The van der Waals surface area contributed by atoms with Crippen LogP contribution in [0.2, 0.25) is 0 Å². The van der Waals surface area contributed by atoms with Gasteiger partial charge in [-0.25, -0.2) is 0 Å². The van der Waals surface area contributed by atoms with Gasteiger partial charge >= 0.3 is 6.07 Å². The number of hydrogen-bond acceptors (Lipinski definition) is 5. The predicted octanol–water partition coefficient (Wildman–Crippen LogP) is 6.25. The molecule has 8 heteroatoms. The molecule has 0 amide bonds. The fraction of sp³-hybridized carbons (Fsp3) is 0.933. The van der Waals surface area contributed by atoms with Gasteiger partial charge in [0.05, 0.1) is 18.5 Å². The van der Waals surface area contributed by atoms with Crippen molar-refractivity contribution in [2.45, 2.75) is 64.5 Å². The molecule has 0 aromatic carbocycles. The maximum Gasteiger partial charge on any atom is 0.380 e. The molecule has 0 N–H and O–H groups in total. The molecule has 0 fully saturated rings. The molecule has 0 aromatic rings. The summed E-state index contributed by atoms with van der Waals surface area (Å²) in [6.07, 6.45) is 2.28. The van der Waals surface area contributed by atoms with Crippen molar-refractivity contribution in [1.82, 2.24) is 0 Å². The van der Waals surface area contributed by atoms with Crippen LogP contribution in [-0.2, 0) is 18.6 Å². The molecular weight excluding hydrogens is 378 g/mol. The van der Waals surface area contributed by atoms with Gasteiger partial charge in [-0.3, -0.25) is 9.36 Å². The monoisotopic (exact) mass is 406 g/mol. The second kappa shape index (κ2) is 14.0. The number of rotatable bonds is 14. The van der Waals surface area contributed by atoms with Crippen molar-refractivity contribution in [2.75, 3.05) is 19.8 Å². The predicted molar refractivity (Wildman–Crippen MR) is 101 cm³/mol. The van der Waals surface area contributed by atoms with E-state index in [0.717, 1.165) is 19.3 Å². The van der Waals surface area contributed by atoms with Crippen molar-refractivity contribution in [3.63, 3.8) is 0 Å². The van der Waals surface area contributed by atoms with Gasteiger partial charge in [-0.1, -0.05) is 51.8 Å². The lowest BCUT2D eigenvalue weighted by Gasteiger charge is -2.16. The molecule has 0 bridgehead atoms. The summed E-state index contributed by atoms with van der Waals surface area (Å²) in [5, 5.41) is -0.160. The van der Waals surface area contributed by atoms with Crippen LogP contribution in [0.1, 0.15) is 59.3 Å². The number of halogens is 2. The molecule has 0 aliphatic heterocycles. The first-order valence-electron chi connectivity index (χ1n) is 8.15. The molecule has 4 nitrogen and oxygen atoms in total. The molecular formula is C15H29Cl2O4PS. The standard InChI is InChI=1S/C15H29Cl2O4PS/c1-4-5-6-7-10-20-11-14(12-21-22(16,17)19)23-15(18)9-8-13(2)3/h13-14H,4-12H2,1-3H3/t14-/m1/s1. The second-order valence-electron chi connectivity index (χ2n) is 5.89. The minimum Gasteiger partial charge on any atom is -0.380 e. The van der Waals surface area contributed by atoms with Gasteiger partial charge in [0.1, 0.15) is 0 Å². The Balaban J connectivity index is 4.17. The van der Waals surface area contributed by atoms with E-state index in [1.54, 1.807) is 0 Å². The lowest BCUT2D eigenvalue weighted by Crippen LogP contribution is -2.20. The third-order valence-corrected chi connectivity index (χ3v) is 5.19. The van der Waals surface area contributed by atoms with Crippen LogP contribution in [-0.4, -0.2) is 30.2 Å². The molecule has 0 aliphatic rings. The van der Waals surface area contributed by atoms with Gasteiger partial charge in [0.15, 0.2) is 5.12 Å². The van der Waals surface area contributed by atoms with Crippen molar-refractivity contribution >= 4 is 45.4 Å². The summed E-state index contributed by atoms with van der Waals surface area (Å²) in [5.41, 5.74) is 0. The smallest absolute Gasteiger partial charge is 0.380 e. The minimum absolute atomic E-state index is 0.0390. The first-order valence-corrected chi connectivity index (χ1v) is 12.5. The van der Waals surface area contributed by atoms with Crippen LogP contribution >= 0.6 is 40.3 Å². The van der Waals surface area contributed by atoms with Crippen LogP contribution in [0.25, 0.3) is 0 Å². The van der Waals surface area contributed by atoms with Crippen molar-refractivity contribution in [3.8, 4) is 0 Å². The molecule has 138 valence electrons. The van der Waals surface area contributed by atoms with Crippen LogP contribution in [0.15, 0.2) is 0 Å². The molecule has 0 unspecified atom stereocenters. The molecule has 0 saturated carbocycles. The van der Waals surface area contributed by atoms with E-state index in [1.807, 2.05) is 0 Å². The van der Waals surface area contributed by atoms with Gasteiger partial charge in [0, 0.05) is 13.0 Å². The van der Waals surface area contributed by atoms with Crippen molar-refractivity contribution in [1.29, 1.82) is 0 Å². The van der Waals surface area contributed by atoms with Crippen LogP contribution < -0.4 is 0 Å². The van der Waals surface area contributed by atoms with Crippen molar-refractivity contribution in [2.24, 2.45) is 5.92 Å². The Hall–Kier alpha value is 0.750. The van der Waals surface area contributed by atoms with Gasteiger partial charge in [-0.15, -0.1) is 0 Å². The Morgan fingerprint density at radius 1 is 1.17 bits per heavy atom. The van der Waals surface area contributed by atoms with Gasteiger partial charge in [-0.2, -0.15) is 0 Å². The number of thioether (sulfide) groups is 1. The maximum atomic E-state index is 12.0. The molecule has 0 aromatic heterocycles. The molecule has 1 atom stereocenters. The van der Waals surface area contributed by atoms with Gasteiger partial charge < -0.3 is 9.26 Å². The molecule has 0 rings (SSSR count). The molecule has 0 heterocycles. The largest absolute Gasteiger partial charge is 0.380 e. The van der Waals surface area contributed by atoms with E-state index >= 15 is 0 Å². The van der Waals surface area contributed by atoms with E-state index in [9.17, 15) is 9.36 Å². The zero-order valence-electron chi connectivity index (χ0n) is 14.3. The summed E-state index contributed by atoms with van der Waals surface area (Å²) in [7, 11) is 0. The average molecular weight is 407 g/mol. The van der Waals surface area contributed by atoms with Gasteiger partial charge in [0.25, 0.3) is 0 Å². The zero-order chi connectivity index (χ0) is 17.7. The van der Waals surface area contributed by atoms with E-state index < -0.39 is 6.07 Å². The number of carbonyl (C=O) groups excluding carboxylic acids is 1. The Labute approximate surface area is 154 Å². The number of hydrogen-bond donors (Lipinski definition) is 0. The minimum atomic E-state index is -3.58. The number of unbranched alkanes of at least 4 members (excludes halogenated alkanes) is 3. The summed E-state index contributed by atoms with van der Waals surface area (Å²) in [4.78, 5) is 12.0. The third-order valence-electron chi connectivity index (χ3n) is 3.08. The Bertz CT molecular complexity index is 363. The van der Waals surface area contributed by atoms with Crippen LogP contribution in [0.3, 0.4) is 0 Å². The first kappa shape index (κ1) is 23.8. The van der Waals surface area contributed by atoms with Crippen LogP contribution in [0.4, 0.5) is 0 Å². The Kier molecular flexibility index (Phi) is 14.4. The normalized spacial score (nSPS) is 13.5. The lowest BCUT2D eigenvalue weighted by molar-refractivity contribution is -0.111. The SMILES string of the molecule is CCCCCCOC[C@H](COP(=O)(Cl)Cl)SC(=O)CCC(C)C. The van der Waals surface area contributed by atoms with E-state index in [1.165, 1.54) is 24.6 Å². The topological polar surface area (TPSA) is 52.6 Å². The quantitative estimate of drug-likeness (QED) is 0.252. The van der Waals surface area contributed by atoms with E-state index in [-0.39, 0.29) is 17.0 Å². The van der Waals surface area contributed by atoms with Gasteiger partial charge in [-0.05, 0) is 41.2 Å². The summed E-state index contributed by atoms with van der Waals surface area (Å²) < 4.78 is 21.8. The fourth-order valence-corrected chi connectivity index (χ4v) is 3.48. The second-order valence-corrected chi connectivity index (χ2v) is 11.5. The van der Waals surface area contributed by atoms with Crippen molar-refractivity contribution in [3.05, 3.63) is 0 Å². The molecule has 0 radical (unpaired) electrons. The van der Waals surface area contributed by atoms with E-state index in [0.29, 0.717) is 25.6 Å². The average Bonchev–Trinajstić information content (AvgIpc) is 2.45. The summed E-state index contributed by atoms with van der Waals surface area (Å²) in [6.45, 7) is 7.36. The highest BCUT2D eigenvalue weighted by Crippen LogP contribution is 2.57.